The Morgan fingerprint density at radius 2 is 2.33 bits per heavy atom. The van der Waals surface area contributed by atoms with E-state index in [1.165, 1.54) is 5.56 Å². The molecule has 3 heteroatoms. The van der Waals surface area contributed by atoms with Gasteiger partial charge in [-0.25, -0.2) is 9.37 Å². The number of hydrogen-bond donors (Lipinski definition) is 0. The molecule has 0 unspecified atom stereocenters. The summed E-state index contributed by atoms with van der Waals surface area (Å²) in [5.41, 5.74) is 1.27. The highest BCUT2D eigenvalue weighted by Gasteiger charge is 2.22. The summed E-state index contributed by atoms with van der Waals surface area (Å²) in [5, 5.41) is 0. The predicted octanol–water partition coefficient (Wildman–Crippen LogP) is 2.75. The maximum absolute atomic E-state index is 13.0. The molecule has 82 valence electrons. The molecule has 1 atom stereocenters. The van der Waals surface area contributed by atoms with Gasteiger partial charge in [-0.3, -0.25) is 0 Å². The van der Waals surface area contributed by atoms with Crippen molar-refractivity contribution in [3.63, 3.8) is 0 Å². The largest absolute Gasteiger partial charge is 0.354 e. The van der Waals surface area contributed by atoms with Crippen LogP contribution in [-0.4, -0.2) is 24.2 Å². The molecule has 1 saturated heterocycles. The Hall–Kier alpha value is -1.12. The van der Waals surface area contributed by atoms with Crippen LogP contribution in [0.3, 0.4) is 0 Å². The SMILES string of the molecule is CC(C)c1ccnc(N2CC[C@H](F)C2)c1. The summed E-state index contributed by atoms with van der Waals surface area (Å²) in [4.78, 5) is 6.32. The third-order valence-corrected chi connectivity index (χ3v) is 2.89. The molecule has 1 aromatic rings. The van der Waals surface area contributed by atoms with Gasteiger partial charge >= 0.3 is 0 Å². The zero-order chi connectivity index (χ0) is 10.8. The van der Waals surface area contributed by atoms with E-state index in [1.807, 2.05) is 17.2 Å². The van der Waals surface area contributed by atoms with Gasteiger partial charge in [-0.1, -0.05) is 13.8 Å². The number of nitrogens with zero attached hydrogens (tertiary/aromatic N) is 2. The summed E-state index contributed by atoms with van der Waals surface area (Å²) < 4.78 is 13.0. The van der Waals surface area contributed by atoms with E-state index in [2.05, 4.69) is 24.9 Å². The average Bonchev–Trinajstić information content (AvgIpc) is 2.65. The van der Waals surface area contributed by atoms with Gasteiger partial charge in [0, 0.05) is 12.7 Å². The third-order valence-electron chi connectivity index (χ3n) is 2.89. The van der Waals surface area contributed by atoms with Crippen LogP contribution in [0, 0.1) is 0 Å². The Kier molecular flexibility index (Phi) is 2.89. The molecule has 2 heterocycles. The van der Waals surface area contributed by atoms with Gasteiger partial charge < -0.3 is 4.90 Å². The second-order valence-electron chi connectivity index (χ2n) is 4.43. The van der Waals surface area contributed by atoms with Crippen LogP contribution in [0.25, 0.3) is 0 Å². The van der Waals surface area contributed by atoms with Crippen molar-refractivity contribution in [1.82, 2.24) is 4.98 Å². The molecular weight excluding hydrogens is 191 g/mol. The van der Waals surface area contributed by atoms with E-state index in [-0.39, 0.29) is 0 Å². The summed E-state index contributed by atoms with van der Waals surface area (Å²) in [5.74, 6) is 1.41. The van der Waals surface area contributed by atoms with Crippen LogP contribution < -0.4 is 4.90 Å². The Morgan fingerprint density at radius 1 is 1.53 bits per heavy atom. The Balaban J connectivity index is 2.18. The van der Waals surface area contributed by atoms with Crippen molar-refractivity contribution in [1.29, 1.82) is 0 Å². The summed E-state index contributed by atoms with van der Waals surface area (Å²) >= 11 is 0. The normalized spacial score (nSPS) is 21.3. The standard InChI is InChI=1S/C12H17FN2/c1-9(2)10-3-5-14-12(7-10)15-6-4-11(13)8-15/h3,5,7,9,11H,4,6,8H2,1-2H3/t11-/m0/s1. The first-order valence-electron chi connectivity index (χ1n) is 5.52. The monoisotopic (exact) mass is 208 g/mol. The fourth-order valence-corrected chi connectivity index (χ4v) is 1.89. The molecule has 0 saturated carbocycles. The van der Waals surface area contributed by atoms with Crippen LogP contribution in [-0.2, 0) is 0 Å². The molecule has 0 amide bonds. The molecule has 1 aliphatic rings. The first-order chi connectivity index (χ1) is 7.16. The minimum Gasteiger partial charge on any atom is -0.354 e. The molecule has 0 radical (unpaired) electrons. The number of aromatic nitrogens is 1. The van der Waals surface area contributed by atoms with Crippen molar-refractivity contribution < 1.29 is 4.39 Å². The first-order valence-corrected chi connectivity index (χ1v) is 5.52. The highest BCUT2D eigenvalue weighted by molar-refractivity contribution is 5.43. The molecule has 0 N–H and O–H groups in total. The van der Waals surface area contributed by atoms with E-state index in [4.69, 9.17) is 0 Å². The summed E-state index contributed by atoms with van der Waals surface area (Å²) in [6.07, 6.45) is 1.76. The van der Waals surface area contributed by atoms with Crippen molar-refractivity contribution in [2.24, 2.45) is 0 Å². The van der Waals surface area contributed by atoms with Crippen LogP contribution >= 0.6 is 0 Å². The summed E-state index contributed by atoms with van der Waals surface area (Å²) in [7, 11) is 0. The smallest absolute Gasteiger partial charge is 0.128 e. The highest BCUT2D eigenvalue weighted by Crippen LogP contribution is 2.23. The van der Waals surface area contributed by atoms with E-state index in [0.717, 1.165) is 12.4 Å². The molecule has 0 aromatic carbocycles. The number of hydrogen-bond acceptors (Lipinski definition) is 2. The Morgan fingerprint density at radius 3 is 2.93 bits per heavy atom. The number of alkyl halides is 1. The minimum atomic E-state index is -0.686. The maximum Gasteiger partial charge on any atom is 0.128 e. The van der Waals surface area contributed by atoms with Gasteiger partial charge in [0.2, 0.25) is 0 Å². The highest BCUT2D eigenvalue weighted by atomic mass is 19.1. The fourth-order valence-electron chi connectivity index (χ4n) is 1.89. The van der Waals surface area contributed by atoms with Crippen molar-refractivity contribution >= 4 is 5.82 Å². The van der Waals surface area contributed by atoms with Crippen molar-refractivity contribution in [3.05, 3.63) is 23.9 Å². The first kappa shape index (κ1) is 10.4. The van der Waals surface area contributed by atoms with Gasteiger partial charge in [0.15, 0.2) is 0 Å². The minimum absolute atomic E-state index is 0.495. The topological polar surface area (TPSA) is 16.1 Å². The van der Waals surface area contributed by atoms with Crippen molar-refractivity contribution in [3.8, 4) is 0 Å². The Labute approximate surface area is 90.1 Å². The van der Waals surface area contributed by atoms with Crippen molar-refractivity contribution in [2.75, 3.05) is 18.0 Å². The molecule has 0 bridgehead atoms. The average molecular weight is 208 g/mol. The van der Waals surface area contributed by atoms with E-state index >= 15 is 0 Å². The quantitative estimate of drug-likeness (QED) is 0.743. The van der Waals surface area contributed by atoms with Gasteiger partial charge in [0.05, 0.1) is 6.54 Å². The lowest BCUT2D eigenvalue weighted by molar-refractivity contribution is 0.364. The predicted molar refractivity (Wildman–Crippen MR) is 60.1 cm³/mol. The molecule has 2 nitrogen and oxygen atoms in total. The number of pyridine rings is 1. The number of anilines is 1. The second-order valence-corrected chi connectivity index (χ2v) is 4.43. The molecule has 0 aliphatic carbocycles. The van der Waals surface area contributed by atoms with Gasteiger partial charge in [-0.2, -0.15) is 0 Å². The van der Waals surface area contributed by atoms with Crippen LogP contribution in [0.1, 0.15) is 31.7 Å². The van der Waals surface area contributed by atoms with Gasteiger partial charge in [0.25, 0.3) is 0 Å². The lowest BCUT2D eigenvalue weighted by Crippen LogP contribution is -2.21. The molecule has 15 heavy (non-hydrogen) atoms. The molecule has 1 aliphatic heterocycles. The lowest BCUT2D eigenvalue weighted by Gasteiger charge is -2.17. The van der Waals surface area contributed by atoms with Crippen LogP contribution in [0.15, 0.2) is 18.3 Å². The zero-order valence-electron chi connectivity index (χ0n) is 9.28. The molecule has 1 aromatic heterocycles. The zero-order valence-corrected chi connectivity index (χ0v) is 9.28. The van der Waals surface area contributed by atoms with Gasteiger partial charge in [-0.05, 0) is 30.0 Å². The van der Waals surface area contributed by atoms with E-state index < -0.39 is 6.17 Å². The van der Waals surface area contributed by atoms with E-state index in [1.54, 1.807) is 0 Å². The molecule has 1 fully saturated rings. The van der Waals surface area contributed by atoms with E-state index in [9.17, 15) is 4.39 Å². The fraction of sp³-hybridized carbons (Fsp3) is 0.583. The molecule has 0 spiro atoms. The van der Waals surface area contributed by atoms with Crippen molar-refractivity contribution in [2.45, 2.75) is 32.4 Å². The summed E-state index contributed by atoms with van der Waals surface area (Å²) in [6, 6.07) is 4.10. The van der Waals surface area contributed by atoms with Crippen LogP contribution in [0.2, 0.25) is 0 Å². The van der Waals surface area contributed by atoms with Gasteiger partial charge in [-0.15, -0.1) is 0 Å². The van der Waals surface area contributed by atoms with Crippen LogP contribution in [0.4, 0.5) is 10.2 Å². The Bertz CT molecular complexity index is 338. The summed E-state index contributed by atoms with van der Waals surface area (Å²) in [6.45, 7) is 5.59. The van der Waals surface area contributed by atoms with E-state index in [0.29, 0.717) is 18.9 Å². The second kappa shape index (κ2) is 4.17. The van der Waals surface area contributed by atoms with Crippen LogP contribution in [0.5, 0.6) is 0 Å². The third kappa shape index (κ3) is 2.28. The number of halogens is 1. The lowest BCUT2D eigenvalue weighted by atomic mass is 10.1. The maximum atomic E-state index is 13.0. The molecule has 2 rings (SSSR count). The molecular formula is C12H17FN2. The number of rotatable bonds is 2. The van der Waals surface area contributed by atoms with Gasteiger partial charge in [0.1, 0.15) is 12.0 Å².